The zero-order chi connectivity index (χ0) is 11.3. The van der Waals surface area contributed by atoms with Crippen LogP contribution in [0.25, 0.3) is 11.4 Å². The van der Waals surface area contributed by atoms with Gasteiger partial charge in [-0.1, -0.05) is 13.8 Å². The molecule has 0 unspecified atom stereocenters. The van der Waals surface area contributed by atoms with E-state index in [1.807, 2.05) is 19.9 Å². The Morgan fingerprint density at radius 3 is 2.33 bits per heavy atom. The summed E-state index contributed by atoms with van der Waals surface area (Å²) in [7, 11) is 4.12. The van der Waals surface area contributed by atoms with Gasteiger partial charge in [0.25, 0.3) is 0 Å². The van der Waals surface area contributed by atoms with Crippen LogP contribution in [0.5, 0.6) is 0 Å². The summed E-state index contributed by atoms with van der Waals surface area (Å²) in [5.74, 6) is 0. The summed E-state index contributed by atoms with van der Waals surface area (Å²) in [5, 5.41) is 0. The molecule has 15 heavy (non-hydrogen) atoms. The first kappa shape index (κ1) is 11.5. The normalized spacial score (nSPS) is 9.33. The van der Waals surface area contributed by atoms with Crippen LogP contribution in [0.4, 0.5) is 0 Å². The molecule has 0 amide bonds. The average molecular weight is 203 g/mol. The second-order valence-electron chi connectivity index (χ2n) is 3.20. The largest absolute Gasteiger partial charge is 0.346 e. The lowest BCUT2D eigenvalue weighted by Gasteiger charge is -2.00. The van der Waals surface area contributed by atoms with Crippen LogP contribution in [0, 0.1) is 0 Å². The lowest BCUT2D eigenvalue weighted by atomic mass is 10.2. The van der Waals surface area contributed by atoms with Gasteiger partial charge in [-0.05, 0) is 18.2 Å². The highest BCUT2D eigenvalue weighted by atomic mass is 15.0. The smallest absolute Gasteiger partial charge is 0.228 e. The van der Waals surface area contributed by atoms with Gasteiger partial charge in [-0.15, -0.1) is 0 Å². The maximum absolute atomic E-state index is 2.12. The molecule has 0 saturated carbocycles. The number of aromatic nitrogens is 2. The number of nitrogens with zero attached hydrogens (tertiary/aromatic N) is 2. The monoisotopic (exact) mass is 203 g/mol. The Kier molecular flexibility index (Phi) is 4.10. The topological polar surface area (TPSA) is 8.81 Å². The van der Waals surface area contributed by atoms with Crippen LogP contribution in [0.3, 0.4) is 0 Å². The number of hydrogen-bond donors (Lipinski definition) is 0. The van der Waals surface area contributed by atoms with Crippen molar-refractivity contribution in [2.75, 3.05) is 0 Å². The van der Waals surface area contributed by atoms with Gasteiger partial charge in [-0.2, -0.15) is 4.57 Å². The van der Waals surface area contributed by atoms with E-state index in [1.54, 1.807) is 0 Å². The van der Waals surface area contributed by atoms with Gasteiger partial charge in [0.1, 0.15) is 12.7 Å². The van der Waals surface area contributed by atoms with Crippen LogP contribution in [-0.2, 0) is 14.1 Å². The lowest BCUT2D eigenvalue weighted by Crippen LogP contribution is -2.30. The van der Waals surface area contributed by atoms with Crippen molar-refractivity contribution in [3.8, 4) is 11.4 Å². The number of rotatable bonds is 1. The Morgan fingerprint density at radius 2 is 1.80 bits per heavy atom. The highest BCUT2D eigenvalue weighted by Crippen LogP contribution is 2.13. The predicted molar refractivity (Wildman–Crippen MR) is 63.4 cm³/mol. The molecule has 0 aliphatic carbocycles. The molecule has 0 aromatic carbocycles. The molecule has 2 heterocycles. The third-order valence-electron chi connectivity index (χ3n) is 2.26. The third kappa shape index (κ3) is 2.46. The third-order valence-corrected chi connectivity index (χ3v) is 2.26. The summed E-state index contributed by atoms with van der Waals surface area (Å²) in [6.07, 6.45) is 4.12. The van der Waals surface area contributed by atoms with Gasteiger partial charge in [0, 0.05) is 25.4 Å². The van der Waals surface area contributed by atoms with E-state index >= 15 is 0 Å². The fraction of sp³-hybridized carbons (Fsp3) is 0.308. The van der Waals surface area contributed by atoms with Gasteiger partial charge in [-0.3, -0.25) is 0 Å². The fourth-order valence-electron chi connectivity index (χ4n) is 1.52. The van der Waals surface area contributed by atoms with Crippen molar-refractivity contribution in [3.05, 3.63) is 42.7 Å². The molecule has 80 valence electrons. The van der Waals surface area contributed by atoms with Gasteiger partial charge in [0.15, 0.2) is 6.20 Å². The van der Waals surface area contributed by atoms with Crippen LogP contribution in [-0.4, -0.2) is 4.57 Å². The van der Waals surface area contributed by atoms with E-state index in [-0.39, 0.29) is 0 Å². The van der Waals surface area contributed by atoms with E-state index in [1.165, 1.54) is 11.4 Å². The van der Waals surface area contributed by atoms with Gasteiger partial charge in [0.05, 0.1) is 0 Å². The second-order valence-corrected chi connectivity index (χ2v) is 3.20. The highest BCUT2D eigenvalue weighted by molar-refractivity contribution is 5.51. The standard InChI is InChI=1S/C11H13N2.C2H6/c1-12-8-4-3-6-10(12)11-7-5-9-13(11)2;1-2/h3-9H,1-2H3;1-2H3/q+1;. The molecule has 0 spiro atoms. The molecule has 0 aliphatic rings. The first-order valence-electron chi connectivity index (χ1n) is 5.35. The van der Waals surface area contributed by atoms with E-state index < -0.39 is 0 Å². The van der Waals surface area contributed by atoms with Crippen molar-refractivity contribution in [1.29, 1.82) is 0 Å². The lowest BCUT2D eigenvalue weighted by molar-refractivity contribution is -0.660. The van der Waals surface area contributed by atoms with Crippen molar-refractivity contribution in [2.45, 2.75) is 13.8 Å². The molecule has 0 fully saturated rings. The molecule has 0 N–H and O–H groups in total. The van der Waals surface area contributed by atoms with Gasteiger partial charge in [-0.25, -0.2) is 0 Å². The average Bonchev–Trinajstić information content (AvgIpc) is 2.68. The summed E-state index contributed by atoms with van der Waals surface area (Å²) in [6.45, 7) is 4.00. The maximum atomic E-state index is 2.12. The van der Waals surface area contributed by atoms with E-state index in [0.29, 0.717) is 0 Å². The zero-order valence-electron chi connectivity index (χ0n) is 9.94. The Bertz CT molecular complexity index is 416. The molecular weight excluding hydrogens is 184 g/mol. The molecular formula is C13H19N2+. The van der Waals surface area contributed by atoms with Crippen LogP contribution >= 0.6 is 0 Å². The Morgan fingerprint density at radius 1 is 1.07 bits per heavy atom. The van der Waals surface area contributed by atoms with E-state index in [4.69, 9.17) is 0 Å². The van der Waals surface area contributed by atoms with Crippen molar-refractivity contribution in [2.24, 2.45) is 14.1 Å². The van der Waals surface area contributed by atoms with Gasteiger partial charge in [0.2, 0.25) is 5.69 Å². The SMILES string of the molecule is CC.Cn1cccc1-c1cccc[n+]1C. The first-order valence-corrected chi connectivity index (χ1v) is 5.35. The minimum Gasteiger partial charge on any atom is -0.346 e. The minimum absolute atomic E-state index is 1.23. The van der Waals surface area contributed by atoms with Crippen LogP contribution in [0.1, 0.15) is 13.8 Å². The van der Waals surface area contributed by atoms with Crippen molar-refractivity contribution < 1.29 is 4.57 Å². The van der Waals surface area contributed by atoms with Crippen LogP contribution in [0.15, 0.2) is 42.7 Å². The van der Waals surface area contributed by atoms with E-state index in [2.05, 4.69) is 59.9 Å². The molecule has 0 radical (unpaired) electrons. The Balaban J connectivity index is 0.000000531. The number of pyridine rings is 1. The highest BCUT2D eigenvalue weighted by Gasteiger charge is 2.09. The number of hydrogen-bond acceptors (Lipinski definition) is 0. The van der Waals surface area contributed by atoms with Gasteiger partial charge < -0.3 is 4.57 Å². The second kappa shape index (κ2) is 5.35. The molecule has 2 heteroatoms. The minimum atomic E-state index is 1.23. The molecule has 0 aliphatic heterocycles. The van der Waals surface area contributed by atoms with E-state index in [9.17, 15) is 0 Å². The molecule has 0 atom stereocenters. The summed E-state index contributed by atoms with van der Waals surface area (Å²) < 4.78 is 4.24. The molecule has 2 nitrogen and oxygen atoms in total. The predicted octanol–water partition coefficient (Wildman–Crippen LogP) is 2.54. The van der Waals surface area contributed by atoms with Crippen LogP contribution < -0.4 is 4.57 Å². The molecule has 2 aromatic heterocycles. The van der Waals surface area contributed by atoms with Crippen LogP contribution in [0.2, 0.25) is 0 Å². The summed E-state index contributed by atoms with van der Waals surface area (Å²) in [6, 6.07) is 10.4. The summed E-state index contributed by atoms with van der Waals surface area (Å²) in [5.41, 5.74) is 2.47. The number of aryl methyl sites for hydroxylation is 2. The maximum Gasteiger partial charge on any atom is 0.228 e. The van der Waals surface area contributed by atoms with E-state index in [0.717, 1.165) is 0 Å². The van der Waals surface area contributed by atoms with Crippen molar-refractivity contribution in [1.82, 2.24) is 4.57 Å². The molecule has 2 aromatic rings. The summed E-state index contributed by atoms with van der Waals surface area (Å²) in [4.78, 5) is 0. The molecule has 2 rings (SSSR count). The zero-order valence-corrected chi connectivity index (χ0v) is 9.94. The van der Waals surface area contributed by atoms with Crippen molar-refractivity contribution >= 4 is 0 Å². The molecule has 0 saturated heterocycles. The first-order chi connectivity index (χ1) is 7.29. The quantitative estimate of drug-likeness (QED) is 0.630. The van der Waals surface area contributed by atoms with Gasteiger partial charge >= 0.3 is 0 Å². The summed E-state index contributed by atoms with van der Waals surface area (Å²) >= 11 is 0. The molecule has 0 bridgehead atoms. The van der Waals surface area contributed by atoms with Crippen molar-refractivity contribution in [3.63, 3.8) is 0 Å². The Labute approximate surface area is 91.8 Å². The fourth-order valence-corrected chi connectivity index (χ4v) is 1.52. The Hall–Kier alpha value is -1.57.